The fourth-order valence-electron chi connectivity index (χ4n) is 2.08. The number of ether oxygens (including phenoxy) is 1. The van der Waals surface area contributed by atoms with Gasteiger partial charge in [-0.05, 0) is 31.0 Å². The van der Waals surface area contributed by atoms with E-state index in [1.807, 2.05) is 13.8 Å². The number of aromatic nitrogens is 2. The summed E-state index contributed by atoms with van der Waals surface area (Å²) in [4.78, 5) is 19.3. The zero-order chi connectivity index (χ0) is 14.0. The smallest absolute Gasteiger partial charge is 0.316 e. The molecule has 0 aliphatic heterocycles. The molecule has 0 bridgehead atoms. The minimum atomic E-state index is -0.463. The zero-order valence-corrected chi connectivity index (χ0v) is 11.2. The van der Waals surface area contributed by atoms with Crippen LogP contribution in [-0.2, 0) is 9.53 Å². The van der Waals surface area contributed by atoms with Gasteiger partial charge in [-0.25, -0.2) is 9.37 Å². The third-order valence-electron chi connectivity index (χ3n) is 2.96. The number of carbonyl (C=O) groups is 1. The fourth-order valence-corrected chi connectivity index (χ4v) is 2.08. The molecular weight excluding hydrogens is 247 g/mol. The number of esters is 1. The molecule has 1 aromatic heterocycles. The van der Waals surface area contributed by atoms with Crippen molar-refractivity contribution in [3.63, 3.8) is 0 Å². The molecule has 0 aliphatic rings. The molecule has 0 saturated heterocycles. The van der Waals surface area contributed by atoms with Crippen LogP contribution in [0.5, 0.6) is 0 Å². The Labute approximate surface area is 111 Å². The average Bonchev–Trinajstić information content (AvgIpc) is 2.71. The Balaban J connectivity index is 2.41. The van der Waals surface area contributed by atoms with E-state index in [4.69, 9.17) is 4.74 Å². The maximum absolute atomic E-state index is 13.1. The summed E-state index contributed by atoms with van der Waals surface area (Å²) in [5.74, 6) is -0.536. The Bertz CT molecular complexity index is 592. The van der Waals surface area contributed by atoms with Crippen molar-refractivity contribution in [1.82, 2.24) is 9.97 Å². The first-order valence-electron chi connectivity index (χ1n) is 6.34. The van der Waals surface area contributed by atoms with Crippen LogP contribution in [0.25, 0.3) is 11.0 Å². The van der Waals surface area contributed by atoms with Crippen LogP contribution in [0.15, 0.2) is 18.2 Å². The van der Waals surface area contributed by atoms with Crippen LogP contribution in [0.1, 0.15) is 32.5 Å². The molecule has 2 rings (SSSR count). The van der Waals surface area contributed by atoms with Crippen molar-refractivity contribution in [2.24, 2.45) is 5.92 Å². The zero-order valence-electron chi connectivity index (χ0n) is 11.2. The van der Waals surface area contributed by atoms with Crippen molar-refractivity contribution >= 4 is 17.0 Å². The third kappa shape index (κ3) is 2.75. The van der Waals surface area contributed by atoms with Crippen molar-refractivity contribution in [3.05, 3.63) is 29.8 Å². The third-order valence-corrected chi connectivity index (χ3v) is 2.96. The number of hydrogen-bond acceptors (Lipinski definition) is 3. The number of fused-ring (bicyclic) bond motifs is 1. The van der Waals surface area contributed by atoms with Gasteiger partial charge in [0.05, 0.1) is 17.6 Å². The summed E-state index contributed by atoms with van der Waals surface area (Å²) < 4.78 is 18.2. The Morgan fingerprint density at radius 3 is 2.84 bits per heavy atom. The number of aromatic amines is 1. The fraction of sp³-hybridized carbons (Fsp3) is 0.429. The predicted molar refractivity (Wildman–Crippen MR) is 70.3 cm³/mol. The molecule has 2 aromatic rings. The summed E-state index contributed by atoms with van der Waals surface area (Å²) in [6.45, 7) is 5.95. The van der Waals surface area contributed by atoms with Crippen LogP contribution in [0.2, 0.25) is 0 Å². The first kappa shape index (κ1) is 13.5. The largest absolute Gasteiger partial charge is 0.465 e. The van der Waals surface area contributed by atoms with Gasteiger partial charge in [0, 0.05) is 0 Å². The van der Waals surface area contributed by atoms with Crippen molar-refractivity contribution in [3.8, 4) is 0 Å². The molecule has 0 aliphatic carbocycles. The molecule has 1 aromatic carbocycles. The second-order valence-electron chi connectivity index (χ2n) is 4.76. The lowest BCUT2D eigenvalue weighted by Gasteiger charge is -2.16. The molecule has 0 amide bonds. The van der Waals surface area contributed by atoms with E-state index in [1.165, 1.54) is 12.1 Å². The molecule has 5 heteroatoms. The van der Waals surface area contributed by atoms with Gasteiger partial charge in [-0.15, -0.1) is 0 Å². The van der Waals surface area contributed by atoms with Crippen LogP contribution >= 0.6 is 0 Å². The normalized spacial score (nSPS) is 12.9. The Hall–Kier alpha value is -1.91. The predicted octanol–water partition coefficient (Wildman–Crippen LogP) is 3.00. The number of halogens is 1. The summed E-state index contributed by atoms with van der Waals surface area (Å²) in [6.07, 6.45) is 0. The topological polar surface area (TPSA) is 55.0 Å². The van der Waals surface area contributed by atoms with E-state index < -0.39 is 5.92 Å². The number of nitrogens with zero attached hydrogens (tertiary/aromatic N) is 1. The van der Waals surface area contributed by atoms with Gasteiger partial charge in [-0.2, -0.15) is 0 Å². The second-order valence-corrected chi connectivity index (χ2v) is 4.76. The van der Waals surface area contributed by atoms with Crippen LogP contribution in [0, 0.1) is 11.7 Å². The Kier molecular flexibility index (Phi) is 3.83. The maximum Gasteiger partial charge on any atom is 0.316 e. The monoisotopic (exact) mass is 264 g/mol. The quantitative estimate of drug-likeness (QED) is 0.864. The number of nitrogens with one attached hydrogen (secondary N) is 1. The van der Waals surface area contributed by atoms with Gasteiger partial charge >= 0.3 is 5.97 Å². The molecule has 1 N–H and O–H groups in total. The van der Waals surface area contributed by atoms with Crippen LogP contribution in [0.3, 0.4) is 0 Å². The minimum Gasteiger partial charge on any atom is -0.465 e. The highest BCUT2D eigenvalue weighted by atomic mass is 19.1. The lowest BCUT2D eigenvalue weighted by atomic mass is 9.95. The highest BCUT2D eigenvalue weighted by Crippen LogP contribution is 2.26. The molecule has 19 heavy (non-hydrogen) atoms. The number of rotatable bonds is 4. The minimum absolute atomic E-state index is 0.0458. The van der Waals surface area contributed by atoms with Crippen molar-refractivity contribution < 1.29 is 13.9 Å². The molecule has 0 spiro atoms. The van der Waals surface area contributed by atoms with Crippen LogP contribution in [-0.4, -0.2) is 22.5 Å². The number of imidazole rings is 1. The highest BCUT2D eigenvalue weighted by molar-refractivity contribution is 5.80. The highest BCUT2D eigenvalue weighted by Gasteiger charge is 2.28. The van der Waals surface area contributed by atoms with E-state index in [1.54, 1.807) is 13.0 Å². The van der Waals surface area contributed by atoms with Gasteiger partial charge in [-0.3, -0.25) is 4.79 Å². The van der Waals surface area contributed by atoms with E-state index >= 15 is 0 Å². The summed E-state index contributed by atoms with van der Waals surface area (Å²) in [5, 5.41) is 0. The molecule has 0 saturated carbocycles. The first-order valence-corrected chi connectivity index (χ1v) is 6.34. The molecule has 4 nitrogen and oxygen atoms in total. The lowest BCUT2D eigenvalue weighted by molar-refractivity contribution is -0.146. The Morgan fingerprint density at radius 2 is 2.21 bits per heavy atom. The molecule has 0 radical (unpaired) electrons. The Morgan fingerprint density at radius 1 is 1.47 bits per heavy atom. The van der Waals surface area contributed by atoms with Gasteiger partial charge in [0.25, 0.3) is 0 Å². The standard InChI is InChI=1S/C14H17FN2O2/c1-4-19-14(18)12(8(2)3)13-16-10-6-5-9(15)7-11(10)17-13/h5-8,12H,4H2,1-3H3,(H,16,17). The van der Waals surface area contributed by atoms with Crippen molar-refractivity contribution in [2.45, 2.75) is 26.7 Å². The average molecular weight is 264 g/mol. The van der Waals surface area contributed by atoms with E-state index in [0.717, 1.165) is 0 Å². The lowest BCUT2D eigenvalue weighted by Crippen LogP contribution is -2.22. The SMILES string of the molecule is CCOC(=O)C(c1nc2ccc(F)cc2[nH]1)C(C)C. The van der Waals surface area contributed by atoms with E-state index in [-0.39, 0.29) is 17.7 Å². The number of carbonyl (C=O) groups excluding carboxylic acids is 1. The van der Waals surface area contributed by atoms with Crippen LogP contribution < -0.4 is 0 Å². The molecular formula is C14H17FN2O2. The van der Waals surface area contributed by atoms with Crippen molar-refractivity contribution in [1.29, 1.82) is 0 Å². The second kappa shape index (κ2) is 5.38. The van der Waals surface area contributed by atoms with Gasteiger partial charge in [0.15, 0.2) is 0 Å². The van der Waals surface area contributed by atoms with E-state index in [0.29, 0.717) is 23.5 Å². The van der Waals surface area contributed by atoms with E-state index in [2.05, 4.69) is 9.97 Å². The van der Waals surface area contributed by atoms with Crippen LogP contribution in [0.4, 0.5) is 4.39 Å². The summed E-state index contributed by atoms with van der Waals surface area (Å²) in [5.41, 5.74) is 1.23. The van der Waals surface area contributed by atoms with E-state index in [9.17, 15) is 9.18 Å². The summed E-state index contributed by atoms with van der Waals surface area (Å²) in [7, 11) is 0. The maximum atomic E-state index is 13.1. The van der Waals surface area contributed by atoms with Gasteiger partial charge in [0.2, 0.25) is 0 Å². The summed E-state index contributed by atoms with van der Waals surface area (Å²) >= 11 is 0. The molecule has 102 valence electrons. The number of H-pyrrole nitrogens is 1. The van der Waals surface area contributed by atoms with Gasteiger partial charge < -0.3 is 9.72 Å². The molecule has 0 fully saturated rings. The number of hydrogen-bond donors (Lipinski definition) is 1. The van der Waals surface area contributed by atoms with Gasteiger partial charge in [0.1, 0.15) is 17.6 Å². The molecule has 1 heterocycles. The van der Waals surface area contributed by atoms with Gasteiger partial charge in [-0.1, -0.05) is 13.8 Å². The van der Waals surface area contributed by atoms with Crippen molar-refractivity contribution in [2.75, 3.05) is 6.61 Å². The molecule has 1 atom stereocenters. The molecule has 1 unspecified atom stereocenters. The number of benzene rings is 1. The first-order chi connectivity index (χ1) is 9.02. The summed E-state index contributed by atoms with van der Waals surface area (Å²) in [6, 6.07) is 4.31.